The van der Waals surface area contributed by atoms with Gasteiger partial charge in [-0.2, -0.15) is 5.10 Å². The molecule has 1 aromatic heterocycles. The van der Waals surface area contributed by atoms with E-state index in [1.807, 2.05) is 13.8 Å². The highest BCUT2D eigenvalue weighted by molar-refractivity contribution is 9.10. The first-order valence-electron chi connectivity index (χ1n) is 6.31. The van der Waals surface area contributed by atoms with Crippen LogP contribution < -0.4 is 16.2 Å². The number of nitrogens with zero attached hydrogens (tertiary/aromatic N) is 3. The van der Waals surface area contributed by atoms with Gasteiger partial charge in [-0.25, -0.2) is 9.48 Å². The molecule has 1 rings (SSSR count). The van der Waals surface area contributed by atoms with Crippen LogP contribution in [-0.2, 0) is 0 Å². The van der Waals surface area contributed by atoms with Crippen molar-refractivity contribution in [1.82, 2.24) is 20.0 Å². The number of hydrogen-bond donors (Lipinski definition) is 2. The zero-order chi connectivity index (χ0) is 15.3. The van der Waals surface area contributed by atoms with E-state index in [1.54, 1.807) is 20.3 Å². The van der Waals surface area contributed by atoms with Crippen molar-refractivity contribution in [3.05, 3.63) is 21.0 Å². The summed E-state index contributed by atoms with van der Waals surface area (Å²) in [5, 5.41) is 9.88. The number of aromatic nitrogens is 2. The Labute approximate surface area is 126 Å². The van der Waals surface area contributed by atoms with E-state index < -0.39 is 0 Å². The SMILES string of the molecule is CC(C)n1ncc(NCCNC(=O)N(C)C)c(Br)c1=O. The molecule has 0 saturated carbocycles. The molecule has 2 amide bonds. The standard InChI is InChI=1S/C12H20BrN5O2/c1-8(2)18-11(19)10(13)9(7-16-18)14-5-6-15-12(20)17(3)4/h7-8,14H,5-6H2,1-4H3,(H,15,20). The first-order chi connectivity index (χ1) is 9.34. The van der Waals surface area contributed by atoms with Crippen LogP contribution in [-0.4, -0.2) is 47.9 Å². The van der Waals surface area contributed by atoms with Gasteiger partial charge in [-0.1, -0.05) is 0 Å². The Morgan fingerprint density at radius 1 is 1.45 bits per heavy atom. The van der Waals surface area contributed by atoms with Crippen molar-refractivity contribution in [3.63, 3.8) is 0 Å². The lowest BCUT2D eigenvalue weighted by molar-refractivity contribution is 0.218. The number of carbonyl (C=O) groups excluding carboxylic acids is 1. The smallest absolute Gasteiger partial charge is 0.316 e. The molecule has 0 aliphatic rings. The van der Waals surface area contributed by atoms with E-state index in [0.29, 0.717) is 23.2 Å². The number of hydrogen-bond acceptors (Lipinski definition) is 4. The van der Waals surface area contributed by atoms with Gasteiger partial charge in [0.25, 0.3) is 5.56 Å². The Morgan fingerprint density at radius 3 is 2.65 bits per heavy atom. The lowest BCUT2D eigenvalue weighted by Gasteiger charge is -2.14. The Kier molecular flexibility index (Phi) is 6.00. The Bertz CT molecular complexity index is 527. The number of nitrogens with one attached hydrogen (secondary N) is 2. The zero-order valence-electron chi connectivity index (χ0n) is 12.1. The number of anilines is 1. The Hall–Kier alpha value is -1.57. The molecule has 0 aromatic carbocycles. The van der Waals surface area contributed by atoms with Crippen LogP contribution in [0.3, 0.4) is 0 Å². The van der Waals surface area contributed by atoms with Crippen molar-refractivity contribution < 1.29 is 4.79 Å². The summed E-state index contributed by atoms with van der Waals surface area (Å²) in [6.45, 7) is 4.75. The molecule has 1 aromatic rings. The molecular formula is C12H20BrN5O2. The third-order valence-electron chi connectivity index (χ3n) is 2.56. The summed E-state index contributed by atoms with van der Waals surface area (Å²) < 4.78 is 1.85. The number of rotatable bonds is 5. The van der Waals surface area contributed by atoms with Crippen molar-refractivity contribution in [3.8, 4) is 0 Å². The fourth-order valence-electron chi connectivity index (χ4n) is 1.46. The Balaban J connectivity index is 2.60. The molecule has 0 saturated heterocycles. The van der Waals surface area contributed by atoms with E-state index >= 15 is 0 Å². The number of amides is 2. The maximum atomic E-state index is 12.0. The fraction of sp³-hybridized carbons (Fsp3) is 0.583. The molecule has 0 fully saturated rings. The Morgan fingerprint density at radius 2 is 2.10 bits per heavy atom. The molecule has 20 heavy (non-hydrogen) atoms. The third-order valence-corrected chi connectivity index (χ3v) is 3.32. The van der Waals surface area contributed by atoms with Crippen molar-refractivity contribution >= 4 is 27.6 Å². The van der Waals surface area contributed by atoms with Gasteiger partial charge in [0, 0.05) is 27.2 Å². The van der Waals surface area contributed by atoms with Gasteiger partial charge >= 0.3 is 6.03 Å². The van der Waals surface area contributed by atoms with Crippen LogP contribution in [0.2, 0.25) is 0 Å². The molecular weight excluding hydrogens is 326 g/mol. The molecule has 0 atom stereocenters. The molecule has 8 heteroatoms. The first-order valence-corrected chi connectivity index (χ1v) is 7.10. The zero-order valence-corrected chi connectivity index (χ0v) is 13.7. The van der Waals surface area contributed by atoms with Crippen LogP contribution in [0.15, 0.2) is 15.5 Å². The normalized spacial score (nSPS) is 10.5. The molecule has 1 heterocycles. The van der Waals surface area contributed by atoms with Gasteiger partial charge in [0.1, 0.15) is 4.47 Å². The van der Waals surface area contributed by atoms with Crippen LogP contribution in [0.25, 0.3) is 0 Å². The predicted molar refractivity (Wildman–Crippen MR) is 82.2 cm³/mol. The summed E-state index contributed by atoms with van der Waals surface area (Å²) >= 11 is 3.27. The number of carbonyl (C=O) groups is 1. The minimum atomic E-state index is -0.178. The highest BCUT2D eigenvalue weighted by atomic mass is 79.9. The van der Waals surface area contributed by atoms with Gasteiger partial charge in [0.15, 0.2) is 0 Å². The maximum absolute atomic E-state index is 12.0. The van der Waals surface area contributed by atoms with E-state index in [4.69, 9.17) is 0 Å². The van der Waals surface area contributed by atoms with E-state index in [1.165, 1.54) is 9.58 Å². The molecule has 0 bridgehead atoms. The molecule has 0 radical (unpaired) electrons. The lowest BCUT2D eigenvalue weighted by atomic mass is 10.4. The molecule has 2 N–H and O–H groups in total. The average molecular weight is 346 g/mol. The second-order valence-electron chi connectivity index (χ2n) is 4.77. The molecule has 0 aliphatic carbocycles. The summed E-state index contributed by atoms with van der Waals surface area (Å²) in [5.41, 5.74) is 0.438. The molecule has 112 valence electrons. The van der Waals surface area contributed by atoms with Crippen molar-refractivity contribution in [2.45, 2.75) is 19.9 Å². The van der Waals surface area contributed by atoms with Gasteiger partial charge in [-0.05, 0) is 29.8 Å². The van der Waals surface area contributed by atoms with Crippen LogP contribution in [0.1, 0.15) is 19.9 Å². The molecule has 0 aliphatic heterocycles. The van der Waals surface area contributed by atoms with Crippen LogP contribution in [0.5, 0.6) is 0 Å². The lowest BCUT2D eigenvalue weighted by Crippen LogP contribution is -2.37. The summed E-state index contributed by atoms with van der Waals surface area (Å²) in [7, 11) is 3.35. The summed E-state index contributed by atoms with van der Waals surface area (Å²) in [6.07, 6.45) is 1.60. The van der Waals surface area contributed by atoms with Gasteiger partial charge in [-0.3, -0.25) is 4.79 Å². The molecule has 7 nitrogen and oxygen atoms in total. The molecule has 0 unspecified atom stereocenters. The minimum Gasteiger partial charge on any atom is -0.381 e. The largest absolute Gasteiger partial charge is 0.381 e. The van der Waals surface area contributed by atoms with Crippen LogP contribution >= 0.6 is 15.9 Å². The topological polar surface area (TPSA) is 79.3 Å². The van der Waals surface area contributed by atoms with Gasteiger partial charge in [0.2, 0.25) is 0 Å². The van der Waals surface area contributed by atoms with E-state index in [-0.39, 0.29) is 17.6 Å². The number of urea groups is 1. The van der Waals surface area contributed by atoms with Crippen molar-refractivity contribution in [1.29, 1.82) is 0 Å². The summed E-state index contributed by atoms with van der Waals surface area (Å²) in [4.78, 5) is 24.8. The fourth-order valence-corrected chi connectivity index (χ4v) is 1.88. The number of halogens is 1. The second kappa shape index (κ2) is 7.28. The monoisotopic (exact) mass is 345 g/mol. The van der Waals surface area contributed by atoms with E-state index in [2.05, 4.69) is 31.7 Å². The van der Waals surface area contributed by atoms with Crippen LogP contribution in [0, 0.1) is 0 Å². The summed E-state index contributed by atoms with van der Waals surface area (Å²) in [6, 6.07) is -0.147. The van der Waals surface area contributed by atoms with E-state index in [9.17, 15) is 9.59 Å². The highest BCUT2D eigenvalue weighted by Crippen LogP contribution is 2.16. The van der Waals surface area contributed by atoms with Crippen LogP contribution in [0.4, 0.5) is 10.5 Å². The van der Waals surface area contributed by atoms with E-state index in [0.717, 1.165) is 0 Å². The second-order valence-corrected chi connectivity index (χ2v) is 5.56. The van der Waals surface area contributed by atoms with Gasteiger partial charge in [0.05, 0.1) is 17.9 Å². The maximum Gasteiger partial charge on any atom is 0.316 e. The van der Waals surface area contributed by atoms with Gasteiger partial charge in [-0.15, -0.1) is 0 Å². The average Bonchev–Trinajstić information content (AvgIpc) is 2.38. The quantitative estimate of drug-likeness (QED) is 0.787. The summed E-state index contributed by atoms with van der Waals surface area (Å²) in [5.74, 6) is 0. The van der Waals surface area contributed by atoms with Crippen molar-refractivity contribution in [2.75, 3.05) is 32.5 Å². The predicted octanol–water partition coefficient (Wildman–Crippen LogP) is 1.27. The highest BCUT2D eigenvalue weighted by Gasteiger charge is 2.10. The third kappa shape index (κ3) is 4.22. The van der Waals surface area contributed by atoms with Crippen molar-refractivity contribution in [2.24, 2.45) is 0 Å². The molecule has 0 spiro atoms. The first kappa shape index (κ1) is 16.5. The van der Waals surface area contributed by atoms with Gasteiger partial charge < -0.3 is 15.5 Å². The minimum absolute atomic E-state index is 0.00669.